The van der Waals surface area contributed by atoms with E-state index in [2.05, 4.69) is 15.5 Å². The number of carbonyl (C=O) groups excluding carboxylic acids is 1. The van der Waals surface area contributed by atoms with Crippen molar-refractivity contribution in [1.29, 1.82) is 0 Å². The molecular formula is C17H23N3O4. The molecule has 0 unspecified atom stereocenters. The number of ether oxygens (including phenoxy) is 1. The third-order valence-corrected chi connectivity index (χ3v) is 2.97. The predicted octanol–water partition coefficient (Wildman–Crippen LogP) is 2.99. The number of nitrogens with zero attached hydrogens (tertiary/aromatic N) is 2. The molecule has 0 radical (unpaired) electrons. The maximum absolute atomic E-state index is 11.7. The number of aromatic nitrogens is 2. The van der Waals surface area contributed by atoms with Crippen molar-refractivity contribution >= 4 is 6.09 Å². The Morgan fingerprint density at radius 2 is 2.00 bits per heavy atom. The van der Waals surface area contributed by atoms with Gasteiger partial charge in [-0.1, -0.05) is 23.4 Å². The molecule has 2 rings (SSSR count). The number of hydrogen-bond acceptors (Lipinski definition) is 6. The van der Waals surface area contributed by atoms with Gasteiger partial charge in [-0.3, -0.25) is 0 Å². The first-order valence-electron chi connectivity index (χ1n) is 7.67. The summed E-state index contributed by atoms with van der Waals surface area (Å²) in [4.78, 5) is 15.9. The summed E-state index contributed by atoms with van der Waals surface area (Å²) in [6.07, 6.45) is -0.475. The van der Waals surface area contributed by atoms with Crippen LogP contribution in [0.5, 0.6) is 0 Å². The maximum atomic E-state index is 11.7. The van der Waals surface area contributed by atoms with E-state index in [9.17, 15) is 9.90 Å². The molecule has 0 fully saturated rings. The molecule has 0 aliphatic carbocycles. The lowest BCUT2D eigenvalue weighted by Gasteiger charge is -2.19. The Hall–Kier alpha value is -2.41. The number of aliphatic hydroxyl groups is 1. The van der Waals surface area contributed by atoms with Crippen molar-refractivity contribution in [2.24, 2.45) is 0 Å². The van der Waals surface area contributed by atoms with Crippen LogP contribution in [0.4, 0.5) is 4.79 Å². The van der Waals surface area contributed by atoms with Crippen LogP contribution in [0.2, 0.25) is 0 Å². The first-order chi connectivity index (χ1) is 11.0. The fourth-order valence-electron chi connectivity index (χ4n) is 1.90. The van der Waals surface area contributed by atoms with E-state index in [-0.39, 0.29) is 5.89 Å². The standard InChI is InChI=1S/C17H23N3O4/c1-16(2,3)23-15(21)18-10-11-7-6-8-12(9-11)13-19-14(24-20-13)17(4,5)22/h6-9,22H,10H2,1-5H3,(H,18,21). The lowest BCUT2D eigenvalue weighted by molar-refractivity contribution is 0.0420. The van der Waals surface area contributed by atoms with Gasteiger partial charge in [0.15, 0.2) is 0 Å². The van der Waals surface area contributed by atoms with Crippen LogP contribution in [-0.4, -0.2) is 26.9 Å². The third-order valence-electron chi connectivity index (χ3n) is 2.97. The SMILES string of the molecule is CC(C)(C)OC(=O)NCc1cccc(-c2noc(C(C)(C)O)n2)c1. The molecule has 0 bridgehead atoms. The van der Waals surface area contributed by atoms with Crippen LogP contribution in [0.3, 0.4) is 0 Å². The topological polar surface area (TPSA) is 97.5 Å². The minimum Gasteiger partial charge on any atom is -0.444 e. The van der Waals surface area contributed by atoms with Gasteiger partial charge in [0.1, 0.15) is 11.2 Å². The fourth-order valence-corrected chi connectivity index (χ4v) is 1.90. The molecule has 0 saturated carbocycles. The Labute approximate surface area is 141 Å². The Bertz CT molecular complexity index is 711. The number of amides is 1. The maximum Gasteiger partial charge on any atom is 0.407 e. The van der Waals surface area contributed by atoms with Crippen LogP contribution >= 0.6 is 0 Å². The third kappa shape index (κ3) is 5.06. The van der Waals surface area contributed by atoms with E-state index in [1.165, 1.54) is 0 Å². The smallest absolute Gasteiger partial charge is 0.407 e. The van der Waals surface area contributed by atoms with Crippen molar-refractivity contribution in [2.45, 2.75) is 52.4 Å². The second-order valence-corrected chi connectivity index (χ2v) is 7.04. The second-order valence-electron chi connectivity index (χ2n) is 7.04. The zero-order valence-electron chi connectivity index (χ0n) is 14.6. The largest absolute Gasteiger partial charge is 0.444 e. The van der Waals surface area contributed by atoms with E-state index in [1.807, 2.05) is 45.0 Å². The van der Waals surface area contributed by atoms with E-state index in [1.54, 1.807) is 13.8 Å². The van der Waals surface area contributed by atoms with E-state index in [4.69, 9.17) is 9.26 Å². The van der Waals surface area contributed by atoms with Crippen molar-refractivity contribution < 1.29 is 19.2 Å². The Morgan fingerprint density at radius 3 is 2.58 bits per heavy atom. The molecule has 1 aromatic carbocycles. The first-order valence-corrected chi connectivity index (χ1v) is 7.67. The van der Waals surface area contributed by atoms with Gasteiger partial charge in [0.2, 0.25) is 5.82 Å². The van der Waals surface area contributed by atoms with Crippen LogP contribution in [0.25, 0.3) is 11.4 Å². The van der Waals surface area contributed by atoms with E-state index < -0.39 is 17.3 Å². The van der Waals surface area contributed by atoms with Crippen molar-refractivity contribution in [3.05, 3.63) is 35.7 Å². The van der Waals surface area contributed by atoms with Gasteiger partial charge >= 0.3 is 6.09 Å². The van der Waals surface area contributed by atoms with Crippen LogP contribution in [0.1, 0.15) is 46.1 Å². The summed E-state index contributed by atoms with van der Waals surface area (Å²) in [5.41, 5.74) is -0.128. The molecule has 0 atom stereocenters. The summed E-state index contributed by atoms with van der Waals surface area (Å²) in [5.74, 6) is 0.529. The number of rotatable bonds is 4. The van der Waals surface area contributed by atoms with Crippen molar-refractivity contribution in [1.82, 2.24) is 15.5 Å². The molecular weight excluding hydrogens is 310 g/mol. The van der Waals surface area contributed by atoms with Crippen LogP contribution in [0, 0.1) is 0 Å². The molecule has 0 aliphatic heterocycles. The number of carbonyl (C=O) groups is 1. The quantitative estimate of drug-likeness (QED) is 0.892. The minimum absolute atomic E-state index is 0.148. The minimum atomic E-state index is -1.19. The van der Waals surface area contributed by atoms with E-state index in [0.29, 0.717) is 12.4 Å². The number of benzene rings is 1. The molecule has 0 saturated heterocycles. The van der Waals surface area contributed by atoms with Gasteiger partial charge in [0, 0.05) is 12.1 Å². The zero-order chi connectivity index (χ0) is 18.0. The second kappa shape index (κ2) is 6.60. The molecule has 2 N–H and O–H groups in total. The van der Waals surface area contributed by atoms with Gasteiger partial charge in [0.05, 0.1) is 0 Å². The molecule has 0 spiro atoms. The first kappa shape index (κ1) is 17.9. The van der Waals surface area contributed by atoms with Gasteiger partial charge in [-0.05, 0) is 46.2 Å². The average molecular weight is 333 g/mol. The van der Waals surface area contributed by atoms with Crippen LogP contribution in [0.15, 0.2) is 28.8 Å². The molecule has 7 nitrogen and oxygen atoms in total. The van der Waals surface area contributed by atoms with Gasteiger partial charge in [-0.2, -0.15) is 4.98 Å². The van der Waals surface area contributed by atoms with Crippen LogP contribution < -0.4 is 5.32 Å². The fraction of sp³-hybridized carbons (Fsp3) is 0.471. The number of nitrogens with one attached hydrogen (secondary N) is 1. The highest BCUT2D eigenvalue weighted by Gasteiger charge is 2.24. The molecule has 130 valence electrons. The van der Waals surface area contributed by atoms with Crippen molar-refractivity contribution in [3.8, 4) is 11.4 Å². The Kier molecular flexibility index (Phi) is 4.94. The Balaban J connectivity index is 2.07. The summed E-state index contributed by atoms with van der Waals surface area (Å²) in [7, 11) is 0. The van der Waals surface area contributed by atoms with Gasteiger partial charge in [-0.25, -0.2) is 4.79 Å². The van der Waals surface area contributed by atoms with Gasteiger partial charge in [-0.15, -0.1) is 0 Å². The average Bonchev–Trinajstić information content (AvgIpc) is 2.93. The highest BCUT2D eigenvalue weighted by Crippen LogP contribution is 2.22. The molecule has 1 heterocycles. The highest BCUT2D eigenvalue weighted by molar-refractivity contribution is 5.67. The molecule has 0 aliphatic rings. The van der Waals surface area contributed by atoms with E-state index in [0.717, 1.165) is 11.1 Å². The normalized spacial score (nSPS) is 12.1. The zero-order valence-corrected chi connectivity index (χ0v) is 14.6. The van der Waals surface area contributed by atoms with Crippen molar-refractivity contribution in [2.75, 3.05) is 0 Å². The van der Waals surface area contributed by atoms with Gasteiger partial charge in [0.25, 0.3) is 5.89 Å². The van der Waals surface area contributed by atoms with E-state index >= 15 is 0 Å². The number of alkyl carbamates (subject to hydrolysis) is 1. The molecule has 2 aromatic rings. The lowest BCUT2D eigenvalue weighted by Crippen LogP contribution is -2.32. The summed E-state index contributed by atoms with van der Waals surface area (Å²) >= 11 is 0. The highest BCUT2D eigenvalue weighted by atomic mass is 16.6. The molecule has 24 heavy (non-hydrogen) atoms. The molecule has 1 amide bonds. The Morgan fingerprint density at radius 1 is 1.29 bits per heavy atom. The molecule has 7 heteroatoms. The van der Waals surface area contributed by atoms with Crippen molar-refractivity contribution in [3.63, 3.8) is 0 Å². The lowest BCUT2D eigenvalue weighted by atomic mass is 10.1. The van der Waals surface area contributed by atoms with Gasteiger partial charge < -0.3 is 19.7 Å². The predicted molar refractivity (Wildman–Crippen MR) is 88.1 cm³/mol. The summed E-state index contributed by atoms with van der Waals surface area (Å²) in [5, 5.41) is 16.5. The summed E-state index contributed by atoms with van der Waals surface area (Å²) in [6.45, 7) is 8.90. The summed E-state index contributed by atoms with van der Waals surface area (Å²) < 4.78 is 10.3. The van der Waals surface area contributed by atoms with Crippen LogP contribution in [-0.2, 0) is 16.9 Å². The monoisotopic (exact) mass is 333 g/mol. The number of hydrogen-bond donors (Lipinski definition) is 2. The molecule has 1 aromatic heterocycles. The summed E-state index contributed by atoms with van der Waals surface area (Å²) in [6, 6.07) is 7.38.